The van der Waals surface area contributed by atoms with E-state index >= 15 is 0 Å². The average Bonchev–Trinajstić information content (AvgIpc) is 2.68. The van der Waals surface area contributed by atoms with E-state index < -0.39 is 0 Å². The first-order chi connectivity index (χ1) is 13.1. The predicted molar refractivity (Wildman–Crippen MR) is 105 cm³/mol. The zero-order chi connectivity index (χ0) is 19.1. The maximum absolute atomic E-state index is 13.6. The van der Waals surface area contributed by atoms with E-state index in [1.165, 1.54) is 18.2 Å². The van der Waals surface area contributed by atoms with Crippen LogP contribution in [0.1, 0.15) is 24.1 Å². The number of halogens is 1. The molecular formula is C23H20FNO2. The van der Waals surface area contributed by atoms with Gasteiger partial charge in [-0.25, -0.2) is 4.39 Å². The minimum atomic E-state index is -0.361. The molecular weight excluding hydrogens is 341 g/mol. The molecule has 3 rings (SSSR count). The molecule has 3 nitrogen and oxygen atoms in total. The monoisotopic (exact) mass is 361 g/mol. The van der Waals surface area contributed by atoms with Crippen molar-refractivity contribution in [3.05, 3.63) is 102 Å². The van der Waals surface area contributed by atoms with Gasteiger partial charge in [0.1, 0.15) is 17.3 Å². The van der Waals surface area contributed by atoms with Crippen molar-refractivity contribution in [2.75, 3.05) is 0 Å². The van der Waals surface area contributed by atoms with Gasteiger partial charge in [0.05, 0.1) is 6.04 Å². The number of ether oxygens (including phenoxy) is 1. The molecule has 0 fully saturated rings. The van der Waals surface area contributed by atoms with Crippen molar-refractivity contribution in [3.63, 3.8) is 0 Å². The Hall–Kier alpha value is -3.40. The zero-order valence-electron chi connectivity index (χ0n) is 14.9. The van der Waals surface area contributed by atoms with E-state index in [-0.39, 0.29) is 17.8 Å². The van der Waals surface area contributed by atoms with Gasteiger partial charge in [-0.15, -0.1) is 0 Å². The van der Waals surface area contributed by atoms with Gasteiger partial charge in [0.25, 0.3) is 0 Å². The summed E-state index contributed by atoms with van der Waals surface area (Å²) in [5.41, 5.74) is 1.29. The number of nitrogens with one attached hydrogen (secondary N) is 1. The van der Waals surface area contributed by atoms with Gasteiger partial charge in [-0.1, -0.05) is 48.5 Å². The number of hydrogen-bond donors (Lipinski definition) is 1. The summed E-state index contributed by atoms with van der Waals surface area (Å²) in [7, 11) is 0. The molecule has 3 aromatic rings. The molecule has 4 heteroatoms. The summed E-state index contributed by atoms with van der Waals surface area (Å²) in [6, 6.07) is 23.1. The molecule has 27 heavy (non-hydrogen) atoms. The fourth-order valence-corrected chi connectivity index (χ4v) is 2.59. The number of carbonyl (C=O) groups is 1. The van der Waals surface area contributed by atoms with Gasteiger partial charge < -0.3 is 10.1 Å². The number of amides is 1. The molecule has 0 heterocycles. The molecule has 0 aliphatic heterocycles. The van der Waals surface area contributed by atoms with Crippen LogP contribution in [0.25, 0.3) is 6.08 Å². The minimum absolute atomic E-state index is 0.220. The van der Waals surface area contributed by atoms with Gasteiger partial charge in [-0.3, -0.25) is 4.79 Å². The quantitative estimate of drug-likeness (QED) is 0.588. The van der Waals surface area contributed by atoms with Gasteiger partial charge in [0.2, 0.25) is 5.91 Å². The fourth-order valence-electron chi connectivity index (χ4n) is 2.59. The number of rotatable bonds is 6. The van der Waals surface area contributed by atoms with Crippen molar-refractivity contribution in [2.24, 2.45) is 0 Å². The Kier molecular flexibility index (Phi) is 6.00. The molecule has 0 aliphatic carbocycles. The Morgan fingerprint density at radius 2 is 1.67 bits per heavy atom. The van der Waals surface area contributed by atoms with E-state index in [1.54, 1.807) is 18.2 Å². The molecule has 1 amide bonds. The molecule has 0 spiro atoms. The molecule has 0 saturated carbocycles. The number of benzene rings is 3. The van der Waals surface area contributed by atoms with Gasteiger partial charge >= 0.3 is 0 Å². The van der Waals surface area contributed by atoms with Crippen LogP contribution in [0.2, 0.25) is 0 Å². The van der Waals surface area contributed by atoms with Gasteiger partial charge in [0, 0.05) is 11.6 Å². The summed E-state index contributed by atoms with van der Waals surface area (Å²) in [6.07, 6.45) is 2.80. The Morgan fingerprint density at radius 3 is 2.44 bits per heavy atom. The van der Waals surface area contributed by atoms with Gasteiger partial charge in [-0.2, -0.15) is 0 Å². The summed E-state index contributed by atoms with van der Waals surface area (Å²) in [5.74, 6) is 0.793. The first-order valence-corrected chi connectivity index (χ1v) is 8.68. The highest BCUT2D eigenvalue weighted by atomic mass is 19.1. The molecule has 0 radical (unpaired) electrons. The van der Waals surface area contributed by atoms with Crippen molar-refractivity contribution in [3.8, 4) is 11.5 Å². The topological polar surface area (TPSA) is 38.3 Å². The van der Waals surface area contributed by atoms with Crippen LogP contribution in [0, 0.1) is 5.82 Å². The third kappa shape index (κ3) is 5.28. The van der Waals surface area contributed by atoms with Gasteiger partial charge in [-0.05, 0) is 48.9 Å². The Morgan fingerprint density at radius 1 is 0.963 bits per heavy atom. The highest BCUT2D eigenvalue weighted by Gasteiger charge is 2.09. The summed E-state index contributed by atoms with van der Waals surface area (Å²) in [5, 5.41) is 2.87. The molecule has 1 atom stereocenters. The fraction of sp³-hybridized carbons (Fsp3) is 0.0870. The molecule has 0 bridgehead atoms. The largest absolute Gasteiger partial charge is 0.457 e. The van der Waals surface area contributed by atoms with Crippen LogP contribution < -0.4 is 10.1 Å². The standard InChI is InChI=1S/C23H20FNO2/c1-17(25-23(26)15-14-18-8-5-6-13-22(18)24)19-9-7-12-21(16-19)27-20-10-3-2-4-11-20/h2-17H,1H3,(H,25,26)/b15-14+/t17-/m0/s1. The SMILES string of the molecule is C[C@H](NC(=O)/C=C/c1ccccc1F)c1cccc(Oc2ccccc2)c1. The number of para-hydroxylation sites is 1. The predicted octanol–water partition coefficient (Wildman–Crippen LogP) is 5.51. The van der Waals surface area contributed by atoms with Crippen LogP contribution in [0.5, 0.6) is 11.5 Å². The van der Waals surface area contributed by atoms with Crippen LogP contribution in [0.4, 0.5) is 4.39 Å². The first kappa shape index (κ1) is 18.4. The second kappa shape index (κ2) is 8.81. The smallest absolute Gasteiger partial charge is 0.244 e. The lowest BCUT2D eigenvalue weighted by Crippen LogP contribution is -2.24. The molecule has 3 aromatic carbocycles. The minimum Gasteiger partial charge on any atom is -0.457 e. The van der Waals surface area contributed by atoms with E-state index in [4.69, 9.17) is 4.74 Å². The van der Waals surface area contributed by atoms with Crippen molar-refractivity contribution in [2.45, 2.75) is 13.0 Å². The van der Waals surface area contributed by atoms with Crippen molar-refractivity contribution >= 4 is 12.0 Å². The Labute approximate surface area is 158 Å². The van der Waals surface area contributed by atoms with E-state index in [1.807, 2.05) is 61.5 Å². The third-order valence-corrected chi connectivity index (χ3v) is 4.02. The van der Waals surface area contributed by atoms with Crippen molar-refractivity contribution in [1.29, 1.82) is 0 Å². The van der Waals surface area contributed by atoms with E-state index in [0.717, 1.165) is 11.3 Å². The van der Waals surface area contributed by atoms with Crippen LogP contribution in [-0.4, -0.2) is 5.91 Å². The second-order valence-electron chi connectivity index (χ2n) is 6.07. The normalized spacial score (nSPS) is 11.9. The molecule has 136 valence electrons. The zero-order valence-corrected chi connectivity index (χ0v) is 14.9. The van der Waals surface area contributed by atoms with Crippen LogP contribution >= 0.6 is 0 Å². The van der Waals surface area contributed by atoms with E-state index in [2.05, 4.69) is 5.32 Å². The van der Waals surface area contributed by atoms with Crippen molar-refractivity contribution in [1.82, 2.24) is 5.32 Å². The van der Waals surface area contributed by atoms with Crippen LogP contribution in [0.15, 0.2) is 84.9 Å². The molecule has 0 aromatic heterocycles. The van der Waals surface area contributed by atoms with E-state index in [9.17, 15) is 9.18 Å². The Bertz CT molecular complexity index is 938. The average molecular weight is 361 g/mol. The molecule has 0 saturated heterocycles. The third-order valence-electron chi connectivity index (χ3n) is 4.02. The maximum Gasteiger partial charge on any atom is 0.244 e. The first-order valence-electron chi connectivity index (χ1n) is 8.68. The van der Waals surface area contributed by atoms with Crippen molar-refractivity contribution < 1.29 is 13.9 Å². The maximum atomic E-state index is 13.6. The highest BCUT2D eigenvalue weighted by molar-refractivity contribution is 5.92. The Balaban J connectivity index is 1.63. The van der Waals surface area contributed by atoms with E-state index in [0.29, 0.717) is 11.3 Å². The highest BCUT2D eigenvalue weighted by Crippen LogP contribution is 2.24. The second-order valence-corrected chi connectivity index (χ2v) is 6.07. The molecule has 1 N–H and O–H groups in total. The molecule has 0 aliphatic rings. The lowest BCUT2D eigenvalue weighted by Gasteiger charge is -2.14. The number of carbonyl (C=O) groups excluding carboxylic acids is 1. The lowest BCUT2D eigenvalue weighted by atomic mass is 10.1. The number of hydrogen-bond acceptors (Lipinski definition) is 2. The summed E-state index contributed by atoms with van der Waals surface area (Å²) in [4.78, 5) is 12.1. The summed E-state index contributed by atoms with van der Waals surface area (Å²) in [6.45, 7) is 1.89. The lowest BCUT2D eigenvalue weighted by molar-refractivity contribution is -0.117. The summed E-state index contributed by atoms with van der Waals surface area (Å²) < 4.78 is 19.4. The summed E-state index contributed by atoms with van der Waals surface area (Å²) >= 11 is 0. The molecule has 0 unspecified atom stereocenters. The van der Waals surface area contributed by atoms with Gasteiger partial charge in [0.15, 0.2) is 0 Å². The van der Waals surface area contributed by atoms with Crippen LogP contribution in [-0.2, 0) is 4.79 Å². The van der Waals surface area contributed by atoms with Crippen LogP contribution in [0.3, 0.4) is 0 Å².